The fourth-order valence-electron chi connectivity index (χ4n) is 3.88. The molecule has 0 saturated heterocycles. The van der Waals surface area contributed by atoms with Gasteiger partial charge in [-0.2, -0.15) is 0 Å². The molecule has 0 aliphatic heterocycles. The highest BCUT2D eigenvalue weighted by Gasteiger charge is 2.11. The van der Waals surface area contributed by atoms with E-state index in [4.69, 9.17) is 0 Å². The average molecular weight is 348 g/mol. The second kappa shape index (κ2) is 6.40. The number of rotatable bonds is 4. The van der Waals surface area contributed by atoms with Crippen molar-refractivity contribution in [3.63, 3.8) is 0 Å². The zero-order chi connectivity index (χ0) is 18.2. The van der Waals surface area contributed by atoms with Crippen molar-refractivity contribution < 1.29 is 0 Å². The summed E-state index contributed by atoms with van der Waals surface area (Å²) in [6.45, 7) is 2.16. The lowest BCUT2D eigenvalue weighted by Crippen LogP contribution is -2.00. The minimum atomic E-state index is 0.915. The first kappa shape index (κ1) is 15.8. The Morgan fingerprint density at radius 2 is 1.56 bits per heavy atom. The average Bonchev–Trinajstić information content (AvgIpc) is 2.73. The van der Waals surface area contributed by atoms with E-state index in [0.29, 0.717) is 0 Å². The van der Waals surface area contributed by atoms with E-state index in [1.807, 2.05) is 24.4 Å². The molecule has 5 rings (SSSR count). The molecule has 2 nitrogen and oxygen atoms in total. The van der Waals surface area contributed by atoms with Crippen LogP contribution in [0.5, 0.6) is 0 Å². The van der Waals surface area contributed by atoms with Crippen molar-refractivity contribution in [2.75, 3.05) is 5.32 Å². The highest BCUT2D eigenvalue weighted by Crippen LogP contribution is 2.38. The number of nitrogens with one attached hydrogen (secondary N) is 1. The quantitative estimate of drug-likeness (QED) is 0.360. The number of hydrogen-bond acceptors (Lipinski definition) is 2. The highest BCUT2D eigenvalue weighted by molar-refractivity contribution is 6.25. The molecule has 1 N–H and O–H groups in total. The number of allylic oxidation sites excluding steroid dienone is 1. The first-order valence-electron chi connectivity index (χ1n) is 9.38. The van der Waals surface area contributed by atoms with E-state index in [1.54, 1.807) is 0 Å². The SMILES string of the molecule is CC/C(=C\c1ccccn1)Nc1ccc2ccc3cccc4ccc1c2c34. The molecule has 0 saturated carbocycles. The number of aromatic nitrogens is 1. The molecule has 2 heteroatoms. The molecule has 0 atom stereocenters. The number of benzene rings is 4. The van der Waals surface area contributed by atoms with E-state index < -0.39 is 0 Å². The van der Waals surface area contributed by atoms with Crippen LogP contribution in [0.1, 0.15) is 19.0 Å². The molecule has 130 valence electrons. The van der Waals surface area contributed by atoms with Crippen LogP contribution in [0.25, 0.3) is 38.4 Å². The lowest BCUT2D eigenvalue weighted by atomic mass is 9.93. The molecule has 0 fully saturated rings. The summed E-state index contributed by atoms with van der Waals surface area (Å²) in [5.41, 5.74) is 3.27. The predicted octanol–water partition coefficient (Wildman–Crippen LogP) is 6.84. The standard InChI is InChI=1S/C25H20N2/c1-2-20(16-21-8-3-4-15-26-21)27-23-14-12-19-10-9-17-6-5-7-18-11-13-22(23)25(19)24(17)18/h3-16,27H,2H2,1H3/b20-16+. The number of nitrogens with zero attached hydrogens (tertiary/aromatic N) is 1. The summed E-state index contributed by atoms with van der Waals surface area (Å²) < 4.78 is 0. The van der Waals surface area contributed by atoms with Crippen LogP contribution in [0.2, 0.25) is 0 Å². The Kier molecular flexibility index (Phi) is 3.75. The summed E-state index contributed by atoms with van der Waals surface area (Å²) >= 11 is 0. The molecule has 27 heavy (non-hydrogen) atoms. The van der Waals surface area contributed by atoms with Gasteiger partial charge in [0.15, 0.2) is 0 Å². The summed E-state index contributed by atoms with van der Waals surface area (Å²) in [7, 11) is 0. The number of hydrogen-bond donors (Lipinski definition) is 1. The molecule has 0 amide bonds. The van der Waals surface area contributed by atoms with Gasteiger partial charge in [0.25, 0.3) is 0 Å². The molecule has 0 aliphatic carbocycles. The molecule has 1 heterocycles. The van der Waals surface area contributed by atoms with Gasteiger partial charge in [-0.05, 0) is 57.6 Å². The van der Waals surface area contributed by atoms with Crippen molar-refractivity contribution in [3.05, 3.63) is 90.4 Å². The molecule has 1 aromatic heterocycles. The van der Waals surface area contributed by atoms with Crippen molar-refractivity contribution in [1.82, 2.24) is 4.98 Å². The molecule has 0 aliphatic rings. The van der Waals surface area contributed by atoms with Gasteiger partial charge < -0.3 is 5.32 Å². The van der Waals surface area contributed by atoms with E-state index in [2.05, 4.69) is 77.9 Å². The molecule has 4 aromatic carbocycles. The predicted molar refractivity (Wildman–Crippen MR) is 116 cm³/mol. The molecule has 0 bridgehead atoms. The Hall–Kier alpha value is -3.39. The fourth-order valence-corrected chi connectivity index (χ4v) is 3.88. The highest BCUT2D eigenvalue weighted by atomic mass is 14.9. The van der Waals surface area contributed by atoms with Crippen LogP contribution in [-0.4, -0.2) is 4.98 Å². The van der Waals surface area contributed by atoms with Gasteiger partial charge in [0.1, 0.15) is 0 Å². The molecule has 0 unspecified atom stereocenters. The van der Waals surface area contributed by atoms with Gasteiger partial charge in [0, 0.05) is 23.0 Å². The summed E-state index contributed by atoms with van der Waals surface area (Å²) in [6, 6.07) is 25.8. The summed E-state index contributed by atoms with van der Waals surface area (Å²) in [5.74, 6) is 0. The molecular formula is C25H20N2. The maximum absolute atomic E-state index is 4.42. The van der Waals surface area contributed by atoms with Crippen LogP contribution in [-0.2, 0) is 0 Å². The zero-order valence-electron chi connectivity index (χ0n) is 15.2. The summed E-state index contributed by atoms with van der Waals surface area (Å²) in [5, 5.41) is 11.5. The molecule has 0 spiro atoms. The number of pyridine rings is 1. The van der Waals surface area contributed by atoms with Gasteiger partial charge in [0.2, 0.25) is 0 Å². The monoisotopic (exact) mass is 348 g/mol. The zero-order valence-corrected chi connectivity index (χ0v) is 15.2. The van der Waals surface area contributed by atoms with Crippen LogP contribution in [0.3, 0.4) is 0 Å². The Morgan fingerprint density at radius 1 is 0.815 bits per heavy atom. The normalized spacial score (nSPS) is 12.3. The smallest absolute Gasteiger partial charge is 0.0646 e. The minimum Gasteiger partial charge on any atom is -0.358 e. The van der Waals surface area contributed by atoms with E-state index in [0.717, 1.165) is 23.5 Å². The Balaban J connectivity index is 1.68. The number of anilines is 1. The Morgan fingerprint density at radius 3 is 2.30 bits per heavy atom. The lowest BCUT2D eigenvalue weighted by Gasteiger charge is -2.16. The van der Waals surface area contributed by atoms with Crippen LogP contribution < -0.4 is 5.32 Å². The third-order valence-electron chi connectivity index (χ3n) is 5.21. The fraction of sp³-hybridized carbons (Fsp3) is 0.0800. The van der Waals surface area contributed by atoms with E-state index >= 15 is 0 Å². The van der Waals surface area contributed by atoms with E-state index in [9.17, 15) is 0 Å². The maximum atomic E-state index is 4.42. The van der Waals surface area contributed by atoms with E-state index in [1.165, 1.54) is 32.3 Å². The van der Waals surface area contributed by atoms with Crippen LogP contribution in [0.4, 0.5) is 5.69 Å². The summed E-state index contributed by atoms with van der Waals surface area (Å²) in [4.78, 5) is 4.42. The Labute approximate surface area is 158 Å². The van der Waals surface area contributed by atoms with Gasteiger partial charge in [-0.1, -0.05) is 61.5 Å². The van der Waals surface area contributed by atoms with E-state index in [-0.39, 0.29) is 0 Å². The second-order valence-corrected chi connectivity index (χ2v) is 6.87. The molecule has 5 aromatic rings. The molecule has 0 radical (unpaired) electrons. The largest absolute Gasteiger partial charge is 0.358 e. The van der Waals surface area contributed by atoms with Crippen molar-refractivity contribution in [2.24, 2.45) is 0 Å². The Bertz CT molecular complexity index is 1250. The van der Waals surface area contributed by atoms with Gasteiger partial charge in [-0.15, -0.1) is 0 Å². The van der Waals surface area contributed by atoms with Crippen molar-refractivity contribution in [3.8, 4) is 0 Å². The second-order valence-electron chi connectivity index (χ2n) is 6.87. The third kappa shape index (κ3) is 2.70. The van der Waals surface area contributed by atoms with Crippen molar-refractivity contribution in [1.29, 1.82) is 0 Å². The summed E-state index contributed by atoms with van der Waals surface area (Å²) in [6.07, 6.45) is 4.87. The third-order valence-corrected chi connectivity index (χ3v) is 5.21. The molecular weight excluding hydrogens is 328 g/mol. The van der Waals surface area contributed by atoms with Gasteiger partial charge in [0.05, 0.1) is 5.69 Å². The van der Waals surface area contributed by atoms with Crippen LogP contribution in [0, 0.1) is 0 Å². The van der Waals surface area contributed by atoms with Gasteiger partial charge in [-0.3, -0.25) is 4.98 Å². The topological polar surface area (TPSA) is 24.9 Å². The van der Waals surface area contributed by atoms with Crippen LogP contribution >= 0.6 is 0 Å². The first-order chi connectivity index (χ1) is 13.3. The van der Waals surface area contributed by atoms with Crippen molar-refractivity contribution in [2.45, 2.75) is 13.3 Å². The lowest BCUT2D eigenvalue weighted by molar-refractivity contribution is 1.11. The van der Waals surface area contributed by atoms with Gasteiger partial charge in [-0.25, -0.2) is 0 Å². The van der Waals surface area contributed by atoms with Crippen molar-refractivity contribution >= 4 is 44.1 Å². The first-order valence-corrected chi connectivity index (χ1v) is 9.38. The minimum absolute atomic E-state index is 0.915. The van der Waals surface area contributed by atoms with Gasteiger partial charge >= 0.3 is 0 Å². The maximum Gasteiger partial charge on any atom is 0.0646 e. The van der Waals surface area contributed by atoms with Crippen LogP contribution in [0.15, 0.2) is 84.7 Å².